The van der Waals surface area contributed by atoms with Gasteiger partial charge in [0.25, 0.3) is 0 Å². The van der Waals surface area contributed by atoms with Crippen molar-refractivity contribution >= 4 is 11.9 Å². The first-order valence-corrected chi connectivity index (χ1v) is 16.0. The fraction of sp³-hybridized carbons (Fsp3) is 0.771. The minimum Gasteiger partial charge on any atom is -0.507 e. The Morgan fingerprint density at radius 2 is 1.00 bits per heavy atom. The summed E-state index contributed by atoms with van der Waals surface area (Å²) < 4.78 is 5.34. The highest BCUT2D eigenvalue weighted by Gasteiger charge is 2.27. The van der Waals surface area contributed by atoms with Gasteiger partial charge in [0.2, 0.25) is 0 Å². The number of phenolic OH excluding ortho intramolecular Hbond substituents is 1. The summed E-state index contributed by atoms with van der Waals surface area (Å²) in [5.74, 6) is -0.124. The second-order valence-electron chi connectivity index (χ2n) is 13.3. The maximum Gasteiger partial charge on any atom is 0.310 e. The summed E-state index contributed by atoms with van der Waals surface area (Å²) in [5.41, 5.74) is 1.14. The van der Waals surface area contributed by atoms with Gasteiger partial charge in [-0.05, 0) is 29.4 Å². The number of carboxylic acids is 1. The molecule has 0 amide bonds. The zero-order chi connectivity index (χ0) is 30.6. The number of hydrogen-bond donors (Lipinski definition) is 2. The second-order valence-corrected chi connectivity index (χ2v) is 13.3. The van der Waals surface area contributed by atoms with Gasteiger partial charge in [-0.3, -0.25) is 9.59 Å². The highest BCUT2D eigenvalue weighted by molar-refractivity contribution is 5.72. The summed E-state index contributed by atoms with van der Waals surface area (Å²) in [6.45, 7) is 16.2. The zero-order valence-corrected chi connectivity index (χ0v) is 27.3. The molecule has 1 aromatic carbocycles. The third kappa shape index (κ3) is 18.3. The van der Waals surface area contributed by atoms with E-state index in [1.165, 1.54) is 83.5 Å². The number of ether oxygens (including phenoxy) is 1. The molecule has 1 rings (SSSR count). The average Bonchev–Trinajstić information content (AvgIpc) is 2.86. The summed E-state index contributed by atoms with van der Waals surface area (Å²) in [6.07, 6.45) is 20.5. The Labute approximate surface area is 246 Å². The molecule has 1 aromatic rings. The largest absolute Gasteiger partial charge is 0.507 e. The number of esters is 1. The van der Waals surface area contributed by atoms with Gasteiger partial charge in [-0.1, -0.05) is 145 Å². The van der Waals surface area contributed by atoms with Crippen molar-refractivity contribution in [2.75, 3.05) is 0 Å². The Morgan fingerprint density at radius 1 is 0.650 bits per heavy atom. The lowest BCUT2D eigenvalue weighted by Gasteiger charge is -2.27. The Hall–Kier alpha value is -2.04. The standard InChI is InChI=1S/C18H36O2.C17H26O3/c1-2-3-4-5-6-7-8-9-10-11-12-13-14-15-16-17-18(19)20;1-8-14(18)20-11-9-12(16(2,3)4)15(19)13(10-11)17(5,6)7/h2-17H2,1H3,(H,19,20);9-10,19H,8H2,1-7H3. The van der Waals surface area contributed by atoms with Crippen LogP contribution in [0.15, 0.2) is 12.1 Å². The van der Waals surface area contributed by atoms with Crippen molar-refractivity contribution in [3.8, 4) is 11.5 Å². The average molecular weight is 563 g/mol. The van der Waals surface area contributed by atoms with E-state index in [4.69, 9.17) is 9.84 Å². The molecular weight excluding hydrogens is 500 g/mol. The van der Waals surface area contributed by atoms with E-state index in [2.05, 4.69) is 6.92 Å². The minimum atomic E-state index is -0.653. The van der Waals surface area contributed by atoms with Crippen LogP contribution in [-0.2, 0) is 20.4 Å². The smallest absolute Gasteiger partial charge is 0.310 e. The molecule has 5 heteroatoms. The molecule has 0 fully saturated rings. The van der Waals surface area contributed by atoms with E-state index in [-0.39, 0.29) is 16.8 Å². The number of carboxylic acid groups (broad SMARTS) is 1. The number of carbonyl (C=O) groups is 2. The van der Waals surface area contributed by atoms with Gasteiger partial charge in [-0.15, -0.1) is 0 Å². The number of hydrogen-bond acceptors (Lipinski definition) is 4. The van der Waals surface area contributed by atoms with E-state index in [0.29, 0.717) is 24.3 Å². The SMILES string of the molecule is CCC(=O)Oc1cc(C(C)(C)C)c(O)c(C(C)(C)C)c1.CCCCCCCCCCCCCCCCCC(=O)O. The molecule has 0 heterocycles. The quantitative estimate of drug-likeness (QED) is 0.106. The molecule has 0 atom stereocenters. The first-order chi connectivity index (χ1) is 18.7. The van der Waals surface area contributed by atoms with Crippen LogP contribution in [0.5, 0.6) is 11.5 Å². The number of aromatic hydroxyl groups is 1. The molecule has 0 bridgehead atoms. The molecular formula is C35H62O5. The lowest BCUT2D eigenvalue weighted by Crippen LogP contribution is -2.18. The van der Waals surface area contributed by atoms with Gasteiger partial charge in [0.05, 0.1) is 0 Å². The second kappa shape index (κ2) is 20.8. The summed E-state index contributed by atoms with van der Waals surface area (Å²) in [7, 11) is 0. The Balaban J connectivity index is 0.000000760. The number of rotatable bonds is 18. The van der Waals surface area contributed by atoms with Gasteiger partial charge >= 0.3 is 11.9 Å². The molecule has 0 saturated carbocycles. The molecule has 0 aromatic heterocycles. The summed E-state index contributed by atoms with van der Waals surface area (Å²) in [5, 5.41) is 19.1. The highest BCUT2D eigenvalue weighted by atomic mass is 16.5. The molecule has 0 aliphatic rings. The fourth-order valence-corrected chi connectivity index (χ4v) is 4.66. The lowest BCUT2D eigenvalue weighted by molar-refractivity contribution is -0.137. The molecule has 0 radical (unpaired) electrons. The monoisotopic (exact) mass is 562 g/mol. The number of benzene rings is 1. The van der Waals surface area contributed by atoms with E-state index < -0.39 is 5.97 Å². The van der Waals surface area contributed by atoms with Gasteiger partial charge in [0.15, 0.2) is 0 Å². The first-order valence-electron chi connectivity index (χ1n) is 16.0. The van der Waals surface area contributed by atoms with Gasteiger partial charge in [-0.2, -0.15) is 0 Å². The minimum absolute atomic E-state index is 0.223. The van der Waals surface area contributed by atoms with Crippen LogP contribution < -0.4 is 4.74 Å². The number of phenols is 1. The Morgan fingerprint density at radius 3 is 1.30 bits per heavy atom. The van der Waals surface area contributed by atoms with Gasteiger partial charge in [0.1, 0.15) is 11.5 Å². The maximum absolute atomic E-state index is 11.5. The molecule has 0 unspecified atom stereocenters. The van der Waals surface area contributed by atoms with Crippen LogP contribution >= 0.6 is 0 Å². The lowest BCUT2D eigenvalue weighted by atomic mass is 9.79. The van der Waals surface area contributed by atoms with E-state index >= 15 is 0 Å². The van der Waals surface area contributed by atoms with Crippen molar-refractivity contribution in [3.05, 3.63) is 23.3 Å². The third-order valence-electron chi connectivity index (χ3n) is 7.21. The molecule has 0 aliphatic carbocycles. The molecule has 5 nitrogen and oxygen atoms in total. The van der Waals surface area contributed by atoms with Crippen molar-refractivity contribution in [1.82, 2.24) is 0 Å². The Kier molecular flexibility index (Phi) is 19.7. The van der Waals surface area contributed by atoms with Crippen LogP contribution in [0.25, 0.3) is 0 Å². The van der Waals surface area contributed by atoms with Crippen molar-refractivity contribution in [3.63, 3.8) is 0 Å². The fourth-order valence-electron chi connectivity index (χ4n) is 4.66. The highest BCUT2D eigenvalue weighted by Crippen LogP contribution is 2.41. The molecule has 0 saturated heterocycles. The van der Waals surface area contributed by atoms with E-state index in [1.54, 1.807) is 19.1 Å². The van der Waals surface area contributed by atoms with Crippen molar-refractivity contribution in [1.29, 1.82) is 0 Å². The summed E-state index contributed by atoms with van der Waals surface area (Å²) in [4.78, 5) is 21.8. The number of aliphatic carboxylic acids is 1. The van der Waals surface area contributed by atoms with E-state index in [0.717, 1.165) is 24.0 Å². The van der Waals surface area contributed by atoms with Crippen LogP contribution in [0.4, 0.5) is 0 Å². The molecule has 40 heavy (non-hydrogen) atoms. The summed E-state index contributed by atoms with van der Waals surface area (Å²) in [6, 6.07) is 3.52. The maximum atomic E-state index is 11.5. The van der Waals surface area contributed by atoms with Gasteiger partial charge in [0, 0.05) is 24.0 Å². The molecule has 0 aliphatic heterocycles. The van der Waals surface area contributed by atoms with Gasteiger partial charge in [-0.25, -0.2) is 0 Å². The Bertz CT molecular complexity index is 794. The molecule has 0 spiro atoms. The molecule has 232 valence electrons. The third-order valence-corrected chi connectivity index (χ3v) is 7.21. The van der Waals surface area contributed by atoms with Crippen molar-refractivity contribution in [2.45, 2.75) is 175 Å². The number of unbranched alkanes of at least 4 members (excludes halogenated alkanes) is 14. The van der Waals surface area contributed by atoms with Crippen LogP contribution in [0.2, 0.25) is 0 Å². The predicted octanol–water partition coefficient (Wildman–Crippen LogP) is 10.6. The topological polar surface area (TPSA) is 83.8 Å². The zero-order valence-electron chi connectivity index (χ0n) is 27.3. The van der Waals surface area contributed by atoms with Crippen molar-refractivity contribution in [2.24, 2.45) is 0 Å². The summed E-state index contributed by atoms with van der Waals surface area (Å²) >= 11 is 0. The number of carbonyl (C=O) groups excluding carboxylic acids is 1. The normalized spacial score (nSPS) is 11.6. The van der Waals surface area contributed by atoms with Crippen LogP contribution in [-0.4, -0.2) is 22.2 Å². The van der Waals surface area contributed by atoms with Crippen LogP contribution in [0.3, 0.4) is 0 Å². The van der Waals surface area contributed by atoms with E-state index in [1.807, 2.05) is 41.5 Å². The van der Waals surface area contributed by atoms with Gasteiger partial charge < -0.3 is 14.9 Å². The first kappa shape index (κ1) is 38.0. The molecule has 2 N–H and O–H groups in total. The predicted molar refractivity (Wildman–Crippen MR) is 169 cm³/mol. The van der Waals surface area contributed by atoms with Crippen molar-refractivity contribution < 1.29 is 24.5 Å². The van der Waals surface area contributed by atoms with E-state index in [9.17, 15) is 14.7 Å². The van der Waals surface area contributed by atoms with Crippen LogP contribution in [0.1, 0.15) is 176 Å². The van der Waals surface area contributed by atoms with Crippen LogP contribution in [0, 0.1) is 0 Å².